The first-order chi connectivity index (χ1) is 12.7. The number of amides is 1. The molecule has 9 nitrogen and oxygen atoms in total. The summed E-state index contributed by atoms with van der Waals surface area (Å²) in [6.07, 6.45) is 0. The molecular weight excluding hydrogens is 366 g/mol. The molecule has 0 fully saturated rings. The normalized spacial score (nSPS) is 11.9. The highest BCUT2D eigenvalue weighted by Gasteiger charge is 2.21. The van der Waals surface area contributed by atoms with Crippen molar-refractivity contribution >= 4 is 17.4 Å². The number of halogens is 2. The monoisotopic (exact) mass is 384 g/mol. The molecule has 1 N–H and O–H groups in total. The maximum absolute atomic E-state index is 12.4. The Kier molecular flexibility index (Phi) is 6.27. The van der Waals surface area contributed by atoms with Crippen molar-refractivity contribution in [2.45, 2.75) is 27.0 Å². The average molecular weight is 384 g/mol. The highest BCUT2D eigenvalue weighted by Crippen LogP contribution is 2.31. The molecule has 0 spiro atoms. The smallest absolute Gasteiger partial charge is 0.390 e. The van der Waals surface area contributed by atoms with Crippen molar-refractivity contribution in [3.63, 3.8) is 0 Å². The summed E-state index contributed by atoms with van der Waals surface area (Å²) in [5.74, 6) is -1.35. The van der Waals surface area contributed by atoms with Crippen molar-refractivity contribution in [3.05, 3.63) is 40.1 Å². The molecule has 1 amide bonds. The van der Waals surface area contributed by atoms with Crippen LogP contribution in [0, 0.1) is 23.0 Å². The van der Waals surface area contributed by atoms with Gasteiger partial charge in [-0.3, -0.25) is 4.79 Å². The summed E-state index contributed by atoms with van der Waals surface area (Å²) in [6.45, 7) is 0.418. The minimum Gasteiger partial charge on any atom is -0.493 e. The van der Waals surface area contributed by atoms with Crippen LogP contribution in [-0.4, -0.2) is 34.3 Å². The van der Waals surface area contributed by atoms with Gasteiger partial charge in [0.05, 0.1) is 36.4 Å². The van der Waals surface area contributed by atoms with E-state index in [-0.39, 0.29) is 29.8 Å². The SMILES string of the molecule is COc1cc(NC(=O)C(C)Cn2nc([N+](=O)[O-])cc2C)ccc1OC(F)F. The average Bonchev–Trinajstić information content (AvgIpc) is 2.96. The standard InChI is InChI=1S/C16H18F2N4O5/c1-9(8-21-10(2)6-14(20-21)22(24)25)15(23)19-11-4-5-12(27-16(17)18)13(7-11)26-3/h4-7,9,16H,8H2,1-3H3,(H,19,23). The quantitative estimate of drug-likeness (QED) is 0.554. The third-order valence-corrected chi connectivity index (χ3v) is 3.70. The van der Waals surface area contributed by atoms with Gasteiger partial charge in [0, 0.05) is 11.8 Å². The third-order valence-electron chi connectivity index (χ3n) is 3.70. The van der Waals surface area contributed by atoms with Gasteiger partial charge in [0.15, 0.2) is 11.5 Å². The third kappa shape index (κ3) is 5.12. The van der Waals surface area contributed by atoms with E-state index in [0.717, 1.165) is 0 Å². The largest absolute Gasteiger partial charge is 0.493 e. The second-order valence-corrected chi connectivity index (χ2v) is 5.72. The minimum absolute atomic E-state index is 0.0410. The predicted octanol–water partition coefficient (Wildman–Crippen LogP) is 2.98. The number of methoxy groups -OCH3 is 1. The number of benzene rings is 1. The zero-order valence-electron chi connectivity index (χ0n) is 14.8. The molecule has 1 aromatic heterocycles. The summed E-state index contributed by atoms with van der Waals surface area (Å²) < 4.78 is 35.4. The number of aryl methyl sites for hydroxylation is 1. The van der Waals surface area contributed by atoms with Gasteiger partial charge in [-0.05, 0) is 24.0 Å². The lowest BCUT2D eigenvalue weighted by molar-refractivity contribution is -0.389. The number of nitro groups is 1. The van der Waals surface area contributed by atoms with E-state index in [0.29, 0.717) is 11.4 Å². The topological polar surface area (TPSA) is 109 Å². The lowest BCUT2D eigenvalue weighted by atomic mass is 10.1. The van der Waals surface area contributed by atoms with E-state index < -0.39 is 17.5 Å². The number of nitrogens with one attached hydrogen (secondary N) is 1. The Balaban J connectivity index is 2.06. The van der Waals surface area contributed by atoms with Crippen molar-refractivity contribution in [1.29, 1.82) is 0 Å². The highest BCUT2D eigenvalue weighted by atomic mass is 19.3. The second kappa shape index (κ2) is 8.43. The van der Waals surface area contributed by atoms with Crippen LogP contribution in [0.25, 0.3) is 0 Å². The molecule has 1 atom stereocenters. The molecule has 146 valence electrons. The van der Waals surface area contributed by atoms with Crippen LogP contribution in [0.1, 0.15) is 12.6 Å². The molecule has 0 aliphatic carbocycles. The van der Waals surface area contributed by atoms with Gasteiger partial charge in [-0.2, -0.15) is 13.5 Å². The molecule has 11 heteroatoms. The van der Waals surface area contributed by atoms with E-state index in [1.165, 1.54) is 36.1 Å². The van der Waals surface area contributed by atoms with Gasteiger partial charge in [-0.15, -0.1) is 0 Å². The van der Waals surface area contributed by atoms with Crippen LogP contribution in [-0.2, 0) is 11.3 Å². The number of carbonyl (C=O) groups excluding carboxylic acids is 1. The molecule has 0 saturated heterocycles. The zero-order valence-corrected chi connectivity index (χ0v) is 14.8. The second-order valence-electron chi connectivity index (χ2n) is 5.72. The Bertz CT molecular complexity index is 840. The van der Waals surface area contributed by atoms with Gasteiger partial charge < -0.3 is 24.9 Å². The van der Waals surface area contributed by atoms with Gasteiger partial charge in [0.2, 0.25) is 5.91 Å². The maximum Gasteiger partial charge on any atom is 0.390 e. The van der Waals surface area contributed by atoms with Crippen molar-refractivity contribution < 1.29 is 28.0 Å². The first-order valence-electron chi connectivity index (χ1n) is 7.83. The van der Waals surface area contributed by atoms with E-state index in [4.69, 9.17) is 4.74 Å². The summed E-state index contributed by atoms with van der Waals surface area (Å²) in [5, 5.41) is 17.2. The van der Waals surface area contributed by atoms with Gasteiger partial charge in [-0.1, -0.05) is 6.92 Å². The molecule has 0 aliphatic rings. The molecule has 27 heavy (non-hydrogen) atoms. The molecule has 0 radical (unpaired) electrons. The fraction of sp³-hybridized carbons (Fsp3) is 0.375. The summed E-state index contributed by atoms with van der Waals surface area (Å²) in [6, 6.07) is 5.32. The summed E-state index contributed by atoms with van der Waals surface area (Å²) in [4.78, 5) is 22.5. The van der Waals surface area contributed by atoms with Crippen LogP contribution in [0.15, 0.2) is 24.3 Å². The van der Waals surface area contributed by atoms with Gasteiger partial charge in [0.25, 0.3) is 0 Å². The number of aromatic nitrogens is 2. The Morgan fingerprint density at radius 1 is 1.37 bits per heavy atom. The van der Waals surface area contributed by atoms with Gasteiger partial charge >= 0.3 is 12.4 Å². The number of rotatable bonds is 8. The molecule has 0 bridgehead atoms. The van der Waals surface area contributed by atoms with Crippen LogP contribution in [0.3, 0.4) is 0 Å². The molecule has 2 rings (SSSR count). The van der Waals surface area contributed by atoms with Crippen LogP contribution in [0.2, 0.25) is 0 Å². The first-order valence-corrected chi connectivity index (χ1v) is 7.83. The number of hydrogen-bond acceptors (Lipinski definition) is 6. The minimum atomic E-state index is -3.00. The maximum atomic E-state index is 12.4. The highest BCUT2D eigenvalue weighted by molar-refractivity contribution is 5.92. The van der Waals surface area contributed by atoms with E-state index >= 15 is 0 Å². The fourth-order valence-corrected chi connectivity index (χ4v) is 2.31. The van der Waals surface area contributed by atoms with E-state index in [2.05, 4.69) is 15.2 Å². The summed E-state index contributed by atoms with van der Waals surface area (Å²) in [5.41, 5.74) is 0.880. The van der Waals surface area contributed by atoms with Crippen LogP contribution in [0.4, 0.5) is 20.3 Å². The number of ether oxygens (including phenoxy) is 2. The molecule has 0 saturated carbocycles. The lowest BCUT2D eigenvalue weighted by Crippen LogP contribution is -2.25. The molecule has 1 aromatic carbocycles. The lowest BCUT2D eigenvalue weighted by Gasteiger charge is -2.14. The van der Waals surface area contributed by atoms with Gasteiger partial charge in [-0.25, -0.2) is 0 Å². The zero-order chi connectivity index (χ0) is 20.1. The molecule has 1 unspecified atom stereocenters. The predicted molar refractivity (Wildman–Crippen MR) is 91.0 cm³/mol. The Morgan fingerprint density at radius 3 is 2.63 bits per heavy atom. The van der Waals surface area contributed by atoms with E-state index in [1.807, 2.05) is 0 Å². The van der Waals surface area contributed by atoms with Crippen LogP contribution >= 0.6 is 0 Å². The Morgan fingerprint density at radius 2 is 2.07 bits per heavy atom. The molecular formula is C16H18F2N4O5. The van der Waals surface area contributed by atoms with E-state index in [9.17, 15) is 23.7 Å². The Labute approximate surface area is 153 Å². The van der Waals surface area contributed by atoms with Crippen LogP contribution in [0.5, 0.6) is 11.5 Å². The molecule has 1 heterocycles. The van der Waals surface area contributed by atoms with Gasteiger partial charge in [0.1, 0.15) is 0 Å². The number of hydrogen-bond donors (Lipinski definition) is 1. The Hall–Kier alpha value is -3.24. The van der Waals surface area contributed by atoms with Crippen molar-refractivity contribution in [1.82, 2.24) is 9.78 Å². The molecule has 0 aliphatic heterocycles. The number of carbonyl (C=O) groups is 1. The number of anilines is 1. The van der Waals surface area contributed by atoms with Crippen molar-refractivity contribution in [2.24, 2.45) is 5.92 Å². The summed E-state index contributed by atoms with van der Waals surface area (Å²) in [7, 11) is 1.29. The number of nitrogens with zero attached hydrogens (tertiary/aromatic N) is 3. The first kappa shape index (κ1) is 20.1. The molecule has 2 aromatic rings. The van der Waals surface area contributed by atoms with E-state index in [1.54, 1.807) is 13.8 Å². The van der Waals surface area contributed by atoms with Crippen molar-refractivity contribution in [2.75, 3.05) is 12.4 Å². The van der Waals surface area contributed by atoms with Crippen LogP contribution < -0.4 is 14.8 Å². The number of alkyl halides is 2. The van der Waals surface area contributed by atoms with Crippen molar-refractivity contribution in [3.8, 4) is 11.5 Å². The fourth-order valence-electron chi connectivity index (χ4n) is 2.31. The summed E-state index contributed by atoms with van der Waals surface area (Å²) >= 11 is 0.